The monoisotopic (exact) mass is 534 g/mol. The molecule has 2 aromatic heterocycles. The second kappa shape index (κ2) is 11.5. The van der Waals surface area contributed by atoms with Crippen LogP contribution in [0.5, 0.6) is 0 Å². The van der Waals surface area contributed by atoms with Gasteiger partial charge in [-0.15, -0.1) is 22.7 Å². The van der Waals surface area contributed by atoms with E-state index in [1.165, 1.54) is 29.5 Å². The summed E-state index contributed by atoms with van der Waals surface area (Å²) in [6, 6.07) is 0. The first-order valence-electron chi connectivity index (χ1n) is 5.42. The maximum atomic E-state index is 10.2. The van der Waals surface area contributed by atoms with E-state index in [0.29, 0.717) is 19.0 Å². The van der Waals surface area contributed by atoms with Gasteiger partial charge >= 0.3 is 7.12 Å². The van der Waals surface area contributed by atoms with Crippen molar-refractivity contribution < 1.29 is 19.6 Å². The third-order valence-corrected chi connectivity index (χ3v) is 5.58. The summed E-state index contributed by atoms with van der Waals surface area (Å²) in [4.78, 5) is 29.5. The number of nitrogens with zero attached hydrogens (tertiary/aromatic N) is 2. The Hall–Kier alpha value is 0.0249. The fourth-order valence-corrected chi connectivity index (χ4v) is 4.27. The number of carbonyl (C=O) groups is 2. The zero-order chi connectivity index (χ0) is 17.3. The van der Waals surface area contributed by atoms with Crippen molar-refractivity contribution in [3.05, 3.63) is 27.9 Å². The lowest BCUT2D eigenvalue weighted by Gasteiger charge is -1.74. The van der Waals surface area contributed by atoms with Gasteiger partial charge in [0.25, 0.3) is 0 Å². The molecule has 0 aliphatic rings. The van der Waals surface area contributed by atoms with Crippen LogP contribution >= 0.6 is 70.5 Å². The maximum Gasteiger partial charge on any atom is 0.448 e. The van der Waals surface area contributed by atoms with Gasteiger partial charge in [-0.25, -0.2) is 9.97 Å². The first kappa shape index (κ1) is 22.0. The Bertz CT molecular complexity index is 568. The molecule has 0 aromatic carbocycles. The molecule has 12 heteroatoms. The predicted octanol–water partition coefficient (Wildman–Crippen LogP) is 3.60. The van der Waals surface area contributed by atoms with Crippen molar-refractivity contribution in [1.29, 1.82) is 0 Å². The van der Waals surface area contributed by atoms with Crippen molar-refractivity contribution in [2.75, 3.05) is 0 Å². The van der Waals surface area contributed by atoms with Gasteiger partial charge in [-0.05, 0) is 61.5 Å². The number of hydrogen-bond donors (Lipinski definition) is 2. The number of halogens is 3. The largest absolute Gasteiger partial charge is 0.448 e. The molecule has 0 spiro atoms. The van der Waals surface area contributed by atoms with Gasteiger partial charge in [-0.2, -0.15) is 0 Å². The van der Waals surface area contributed by atoms with E-state index < -0.39 is 7.12 Å². The average molecular weight is 537 g/mol. The van der Waals surface area contributed by atoms with Crippen LogP contribution in [0.25, 0.3) is 0 Å². The van der Waals surface area contributed by atoms with Crippen molar-refractivity contribution in [3.63, 3.8) is 0 Å². The third kappa shape index (κ3) is 9.23. The summed E-state index contributed by atoms with van der Waals surface area (Å²) in [7, 11) is -1.17. The number of thiazole rings is 2. The molecule has 0 aliphatic heterocycles. The Morgan fingerprint density at radius 3 is 1.59 bits per heavy atom. The summed E-state index contributed by atoms with van der Waals surface area (Å²) in [5, 5.41) is 16.1. The van der Waals surface area contributed by atoms with E-state index in [0.717, 1.165) is 21.5 Å². The SMILES string of the molecule is CB(O)O.Cc1nc(Br)c(C=O)s1.O=Cc1sc(Br)nc1Br. The molecule has 0 bridgehead atoms. The fraction of sp³-hybridized carbons (Fsp3) is 0.200. The summed E-state index contributed by atoms with van der Waals surface area (Å²) in [5.74, 6) is 0. The Morgan fingerprint density at radius 1 is 1.00 bits per heavy atom. The molecule has 6 nitrogen and oxygen atoms in total. The Kier molecular flexibility index (Phi) is 11.6. The molecule has 2 rings (SSSR count). The highest BCUT2D eigenvalue weighted by molar-refractivity contribution is 9.11. The molecule has 120 valence electrons. The molecule has 0 radical (unpaired) electrons. The van der Waals surface area contributed by atoms with Crippen molar-refractivity contribution in [2.24, 2.45) is 0 Å². The third-order valence-electron chi connectivity index (χ3n) is 1.51. The molecule has 0 atom stereocenters. The van der Waals surface area contributed by atoms with Crippen LogP contribution in [0.4, 0.5) is 0 Å². The number of carbonyl (C=O) groups excluding carboxylic acids is 2. The summed E-state index contributed by atoms with van der Waals surface area (Å²) >= 11 is 12.1. The van der Waals surface area contributed by atoms with Gasteiger partial charge in [-0.3, -0.25) is 9.59 Å². The number of aldehydes is 2. The minimum Gasteiger partial charge on any atom is -0.427 e. The van der Waals surface area contributed by atoms with Crippen molar-refractivity contribution in [2.45, 2.75) is 13.7 Å². The van der Waals surface area contributed by atoms with Gasteiger partial charge in [0, 0.05) is 0 Å². The predicted molar refractivity (Wildman–Crippen MR) is 98.9 cm³/mol. The minimum atomic E-state index is -1.17. The Labute approximate surface area is 160 Å². The van der Waals surface area contributed by atoms with E-state index in [9.17, 15) is 9.59 Å². The van der Waals surface area contributed by atoms with Gasteiger partial charge < -0.3 is 10.0 Å². The van der Waals surface area contributed by atoms with Crippen LogP contribution in [-0.2, 0) is 0 Å². The zero-order valence-electron chi connectivity index (χ0n) is 11.3. The van der Waals surface area contributed by atoms with Crippen LogP contribution in [-0.4, -0.2) is 39.7 Å². The molecule has 0 fully saturated rings. The molecular formula is C10H10BBr3N2O4S2. The lowest BCUT2D eigenvalue weighted by molar-refractivity contribution is 0.111. The smallest absolute Gasteiger partial charge is 0.427 e. The van der Waals surface area contributed by atoms with E-state index in [1.807, 2.05) is 6.92 Å². The Balaban J connectivity index is 0.000000326. The van der Waals surface area contributed by atoms with E-state index in [2.05, 4.69) is 57.8 Å². The summed E-state index contributed by atoms with van der Waals surface area (Å²) in [6.07, 6.45) is 1.57. The van der Waals surface area contributed by atoms with E-state index >= 15 is 0 Å². The minimum absolute atomic E-state index is 0.606. The molecule has 2 heterocycles. The van der Waals surface area contributed by atoms with Crippen molar-refractivity contribution in [1.82, 2.24) is 9.97 Å². The van der Waals surface area contributed by atoms with Gasteiger partial charge in [0.05, 0.1) is 5.01 Å². The molecular weight excluding hydrogens is 527 g/mol. The normalized spacial score (nSPS) is 9.05. The fourth-order valence-electron chi connectivity index (χ4n) is 0.851. The first-order valence-corrected chi connectivity index (χ1v) is 9.43. The van der Waals surface area contributed by atoms with Gasteiger partial charge in [0.1, 0.15) is 19.0 Å². The van der Waals surface area contributed by atoms with Gasteiger partial charge in [0.2, 0.25) is 0 Å². The summed E-state index contributed by atoms with van der Waals surface area (Å²) in [5.41, 5.74) is 0. The molecule has 0 saturated heterocycles. The lowest BCUT2D eigenvalue weighted by atomic mass is 9.99. The van der Waals surface area contributed by atoms with Crippen LogP contribution in [0.3, 0.4) is 0 Å². The van der Waals surface area contributed by atoms with Crippen LogP contribution in [0.2, 0.25) is 6.82 Å². The molecule has 0 amide bonds. The molecule has 2 aromatic rings. The average Bonchev–Trinajstić information content (AvgIpc) is 2.90. The van der Waals surface area contributed by atoms with Crippen LogP contribution < -0.4 is 0 Å². The highest BCUT2D eigenvalue weighted by Crippen LogP contribution is 2.25. The van der Waals surface area contributed by atoms with E-state index in [4.69, 9.17) is 10.0 Å². The molecule has 0 saturated carbocycles. The molecule has 0 aliphatic carbocycles. The van der Waals surface area contributed by atoms with E-state index in [-0.39, 0.29) is 0 Å². The number of hydrogen-bond acceptors (Lipinski definition) is 8. The molecule has 0 unspecified atom stereocenters. The highest BCUT2D eigenvalue weighted by atomic mass is 79.9. The van der Waals surface area contributed by atoms with Crippen molar-refractivity contribution >= 4 is 90.2 Å². The van der Waals surface area contributed by atoms with Crippen LogP contribution in [0.15, 0.2) is 13.1 Å². The van der Waals surface area contributed by atoms with E-state index in [1.54, 1.807) is 0 Å². The molecule has 22 heavy (non-hydrogen) atoms. The lowest BCUT2D eigenvalue weighted by Crippen LogP contribution is -2.00. The zero-order valence-corrected chi connectivity index (χ0v) is 17.7. The second-order valence-corrected chi connectivity index (χ2v) is 8.42. The summed E-state index contributed by atoms with van der Waals surface area (Å²) in [6.45, 7) is 3.14. The number of aryl methyl sites for hydroxylation is 1. The van der Waals surface area contributed by atoms with Crippen LogP contribution in [0.1, 0.15) is 24.4 Å². The van der Waals surface area contributed by atoms with Crippen molar-refractivity contribution in [3.8, 4) is 0 Å². The maximum absolute atomic E-state index is 10.2. The highest BCUT2D eigenvalue weighted by Gasteiger charge is 2.04. The summed E-state index contributed by atoms with van der Waals surface area (Å²) < 4.78 is 1.98. The second-order valence-electron chi connectivity index (χ2n) is 3.38. The Morgan fingerprint density at radius 2 is 1.41 bits per heavy atom. The number of rotatable bonds is 2. The quantitative estimate of drug-likeness (QED) is 0.449. The van der Waals surface area contributed by atoms with Crippen LogP contribution in [0, 0.1) is 6.92 Å². The van der Waals surface area contributed by atoms with Gasteiger partial charge in [-0.1, -0.05) is 0 Å². The standard InChI is InChI=1S/C5H4BrNOS.C4HBr2NOS.CH5BO2/c1-3-7-5(6)4(2-8)9-3;5-3-2(1-8)9-4(6)7-3;1-2(3)4/h2H,1H3;1H;3-4H,1H3. The number of aromatic nitrogens is 2. The van der Waals surface area contributed by atoms with Gasteiger partial charge in [0.15, 0.2) is 16.5 Å². The molecule has 2 N–H and O–H groups in total. The first-order chi connectivity index (χ1) is 10.2. The topological polar surface area (TPSA) is 100 Å².